The molecule has 0 saturated heterocycles. The Hall–Kier alpha value is -1.27. The molecule has 1 aromatic heterocycles. The Bertz CT molecular complexity index is 854. The molecule has 0 N–H and O–H groups in total. The Kier molecular flexibility index (Phi) is 3.11. The van der Waals surface area contributed by atoms with Crippen LogP contribution in [-0.4, -0.2) is 0 Å². The van der Waals surface area contributed by atoms with E-state index < -0.39 is 11.6 Å². The van der Waals surface area contributed by atoms with E-state index >= 15 is 0 Å². The predicted molar refractivity (Wildman–Crippen MR) is 91.0 cm³/mol. The van der Waals surface area contributed by atoms with Crippen LogP contribution in [0.1, 0.15) is 15.1 Å². The number of fused-ring (bicyclic) bond motifs is 5. The van der Waals surface area contributed by atoms with Crippen molar-refractivity contribution in [2.45, 2.75) is 3.92 Å². The van der Waals surface area contributed by atoms with Crippen molar-refractivity contribution in [1.82, 2.24) is 0 Å². The first-order valence-corrected chi connectivity index (χ1v) is 8.60. The molecule has 0 fully saturated rings. The summed E-state index contributed by atoms with van der Waals surface area (Å²) in [5.41, 5.74) is 4.28. The molecule has 1 atom stereocenters. The highest BCUT2D eigenvalue weighted by molar-refractivity contribution is 14.1. The molecule has 4 heteroatoms. The molecule has 0 saturated carbocycles. The van der Waals surface area contributed by atoms with Crippen LogP contribution in [0.4, 0.5) is 8.78 Å². The van der Waals surface area contributed by atoms with Crippen LogP contribution in [0.2, 0.25) is 0 Å². The molecule has 0 aliphatic heterocycles. The van der Waals surface area contributed by atoms with E-state index in [4.69, 9.17) is 0 Å². The van der Waals surface area contributed by atoms with E-state index in [1.807, 2.05) is 23.6 Å². The molecule has 21 heavy (non-hydrogen) atoms. The summed E-state index contributed by atoms with van der Waals surface area (Å²) in [4.78, 5) is 1.01. The second-order valence-corrected chi connectivity index (χ2v) is 7.10. The monoisotopic (exact) mass is 410 g/mol. The average Bonchev–Trinajstić information content (AvgIpc) is 2.94. The zero-order valence-corrected chi connectivity index (χ0v) is 13.7. The molecule has 1 heterocycles. The lowest BCUT2D eigenvalue weighted by atomic mass is 9.98. The van der Waals surface area contributed by atoms with Gasteiger partial charge >= 0.3 is 0 Å². The second kappa shape index (κ2) is 4.88. The largest absolute Gasteiger partial charge is 0.204 e. The van der Waals surface area contributed by atoms with Gasteiger partial charge in [0.2, 0.25) is 0 Å². The van der Waals surface area contributed by atoms with Crippen LogP contribution >= 0.6 is 33.9 Å². The standard InChI is InChI=1S/C17H9F2IS/c18-13-6-5-11-14(15(13)19)12-7-8-21-17(12)10-4-2-1-3-9(10)16(11)20/h1-8,16H. The minimum absolute atomic E-state index is 0.00324. The van der Waals surface area contributed by atoms with Crippen molar-refractivity contribution in [3.63, 3.8) is 0 Å². The minimum Gasteiger partial charge on any atom is -0.204 e. The van der Waals surface area contributed by atoms with E-state index in [0.717, 1.165) is 27.1 Å². The summed E-state index contributed by atoms with van der Waals surface area (Å²) in [7, 11) is 0. The van der Waals surface area contributed by atoms with Crippen molar-refractivity contribution in [1.29, 1.82) is 0 Å². The molecule has 4 rings (SSSR count). The van der Waals surface area contributed by atoms with Crippen molar-refractivity contribution >= 4 is 33.9 Å². The molecule has 0 amide bonds. The van der Waals surface area contributed by atoms with Gasteiger partial charge in [0.25, 0.3) is 0 Å². The number of halogens is 3. The van der Waals surface area contributed by atoms with Gasteiger partial charge < -0.3 is 0 Å². The lowest BCUT2D eigenvalue weighted by molar-refractivity contribution is 0.510. The summed E-state index contributed by atoms with van der Waals surface area (Å²) >= 11 is 3.87. The van der Waals surface area contributed by atoms with Gasteiger partial charge in [-0.1, -0.05) is 52.9 Å². The zero-order chi connectivity index (χ0) is 14.6. The van der Waals surface area contributed by atoms with E-state index in [1.54, 1.807) is 17.4 Å². The first-order chi connectivity index (χ1) is 10.2. The SMILES string of the molecule is Fc1ccc2c(c1F)-c1ccsc1-c1ccccc1C2I. The molecule has 0 nitrogen and oxygen atoms in total. The Morgan fingerprint density at radius 1 is 0.905 bits per heavy atom. The van der Waals surface area contributed by atoms with Crippen LogP contribution in [0.5, 0.6) is 0 Å². The van der Waals surface area contributed by atoms with Crippen molar-refractivity contribution in [3.05, 3.63) is 70.6 Å². The third-order valence-electron chi connectivity index (χ3n) is 3.81. The molecule has 0 spiro atoms. The quantitative estimate of drug-likeness (QED) is 0.306. The van der Waals surface area contributed by atoms with E-state index in [1.165, 1.54) is 6.07 Å². The smallest absolute Gasteiger partial charge is 0.167 e. The first-order valence-electron chi connectivity index (χ1n) is 6.47. The number of hydrogen-bond acceptors (Lipinski definition) is 1. The molecule has 3 aromatic rings. The van der Waals surface area contributed by atoms with Gasteiger partial charge in [-0.05, 0) is 34.2 Å². The Labute approximate surface area is 138 Å². The molecule has 1 unspecified atom stereocenters. The van der Waals surface area contributed by atoms with Gasteiger partial charge in [0, 0.05) is 16.0 Å². The van der Waals surface area contributed by atoms with Gasteiger partial charge in [-0.3, -0.25) is 0 Å². The molecular formula is C17H9F2IS. The number of alkyl halides is 1. The van der Waals surface area contributed by atoms with Gasteiger partial charge in [-0.2, -0.15) is 0 Å². The van der Waals surface area contributed by atoms with Crippen molar-refractivity contribution in [3.8, 4) is 21.6 Å². The summed E-state index contributed by atoms with van der Waals surface area (Å²) in [6.45, 7) is 0. The van der Waals surface area contributed by atoms with Crippen molar-refractivity contribution in [2.24, 2.45) is 0 Å². The van der Waals surface area contributed by atoms with Crippen LogP contribution in [0.15, 0.2) is 47.8 Å². The van der Waals surface area contributed by atoms with E-state index in [9.17, 15) is 8.78 Å². The maximum absolute atomic E-state index is 14.4. The Balaban J connectivity index is 2.17. The fourth-order valence-corrected chi connectivity index (χ4v) is 4.87. The van der Waals surface area contributed by atoms with E-state index in [0.29, 0.717) is 5.56 Å². The molecular weight excluding hydrogens is 401 g/mol. The fraction of sp³-hybridized carbons (Fsp3) is 0.0588. The number of thiophene rings is 1. The van der Waals surface area contributed by atoms with Crippen LogP contribution in [0.25, 0.3) is 21.6 Å². The molecule has 2 aromatic carbocycles. The molecule has 1 aliphatic rings. The zero-order valence-electron chi connectivity index (χ0n) is 10.7. The number of rotatable bonds is 0. The molecule has 1 aliphatic carbocycles. The van der Waals surface area contributed by atoms with Crippen LogP contribution < -0.4 is 0 Å². The Morgan fingerprint density at radius 3 is 2.57 bits per heavy atom. The summed E-state index contributed by atoms with van der Waals surface area (Å²) in [6, 6.07) is 12.9. The second-order valence-electron chi connectivity index (χ2n) is 4.94. The van der Waals surface area contributed by atoms with E-state index in [-0.39, 0.29) is 3.92 Å². The molecule has 0 radical (unpaired) electrons. The van der Waals surface area contributed by atoms with Gasteiger partial charge in [0.05, 0.1) is 3.92 Å². The number of hydrogen-bond donors (Lipinski definition) is 0. The maximum atomic E-state index is 14.4. The lowest BCUT2D eigenvalue weighted by Gasteiger charge is -2.14. The third-order valence-corrected chi connectivity index (χ3v) is 6.10. The fourth-order valence-electron chi connectivity index (χ4n) is 2.86. The van der Waals surface area contributed by atoms with Crippen molar-refractivity contribution in [2.75, 3.05) is 0 Å². The van der Waals surface area contributed by atoms with Crippen LogP contribution in [-0.2, 0) is 0 Å². The summed E-state index contributed by atoms with van der Waals surface area (Å²) in [5, 5.41) is 1.93. The molecule has 0 bridgehead atoms. The summed E-state index contributed by atoms with van der Waals surface area (Å²) < 4.78 is 28.2. The third kappa shape index (κ3) is 1.89. The van der Waals surface area contributed by atoms with Crippen LogP contribution in [0.3, 0.4) is 0 Å². The van der Waals surface area contributed by atoms with Gasteiger partial charge in [0.1, 0.15) is 0 Å². The highest BCUT2D eigenvalue weighted by atomic mass is 127. The highest BCUT2D eigenvalue weighted by Crippen LogP contribution is 2.50. The maximum Gasteiger partial charge on any atom is 0.167 e. The van der Waals surface area contributed by atoms with Crippen molar-refractivity contribution < 1.29 is 8.78 Å². The normalized spacial score (nSPS) is 15.9. The Morgan fingerprint density at radius 2 is 1.71 bits per heavy atom. The van der Waals surface area contributed by atoms with Gasteiger partial charge in [-0.15, -0.1) is 11.3 Å². The van der Waals surface area contributed by atoms with Gasteiger partial charge in [-0.25, -0.2) is 8.78 Å². The highest BCUT2D eigenvalue weighted by Gasteiger charge is 2.29. The average molecular weight is 410 g/mol. The van der Waals surface area contributed by atoms with Crippen LogP contribution in [0, 0.1) is 11.6 Å². The number of benzene rings is 2. The van der Waals surface area contributed by atoms with Gasteiger partial charge in [0.15, 0.2) is 11.6 Å². The predicted octanol–water partition coefficient (Wildman–Crippen LogP) is 6.20. The topological polar surface area (TPSA) is 0 Å². The lowest BCUT2D eigenvalue weighted by Crippen LogP contribution is -1.98. The summed E-state index contributed by atoms with van der Waals surface area (Å²) in [6.07, 6.45) is 0. The molecule has 104 valence electrons. The summed E-state index contributed by atoms with van der Waals surface area (Å²) in [5.74, 6) is -1.54. The minimum atomic E-state index is -0.791. The van der Waals surface area contributed by atoms with E-state index in [2.05, 4.69) is 34.7 Å². The first kappa shape index (κ1) is 13.4.